The average molecular weight is 485 g/mol. The number of urea groups is 1. The van der Waals surface area contributed by atoms with Gasteiger partial charge in [-0.3, -0.25) is 4.79 Å². The summed E-state index contributed by atoms with van der Waals surface area (Å²) in [5.41, 5.74) is 3.15. The molecule has 0 bridgehead atoms. The monoisotopic (exact) mass is 484 g/mol. The number of nitrogens with one attached hydrogen (secondary N) is 2. The molecule has 0 aromatic heterocycles. The summed E-state index contributed by atoms with van der Waals surface area (Å²) < 4.78 is 0. The fourth-order valence-corrected chi connectivity index (χ4v) is 4.38. The van der Waals surface area contributed by atoms with Crippen LogP contribution in [0.4, 0.5) is 21.9 Å². The summed E-state index contributed by atoms with van der Waals surface area (Å²) in [6.45, 7) is 2.83. The SMILES string of the molecule is O=C(Nc1ccc(Cl)cc1)Nc1ccc(N2CCN(C(=O)c3ccc4ccccc4c3)CC2)cc1. The van der Waals surface area contributed by atoms with Gasteiger partial charge in [0.25, 0.3) is 5.91 Å². The number of rotatable bonds is 4. The Kier molecular flexibility index (Phi) is 6.55. The van der Waals surface area contributed by atoms with Crippen LogP contribution < -0.4 is 15.5 Å². The average Bonchev–Trinajstić information content (AvgIpc) is 2.90. The van der Waals surface area contributed by atoms with Crippen LogP contribution in [0.1, 0.15) is 10.4 Å². The van der Waals surface area contributed by atoms with Gasteiger partial charge in [-0.2, -0.15) is 0 Å². The second-order valence-electron chi connectivity index (χ2n) is 8.47. The third kappa shape index (κ3) is 5.39. The number of hydrogen-bond acceptors (Lipinski definition) is 3. The minimum Gasteiger partial charge on any atom is -0.368 e. The van der Waals surface area contributed by atoms with E-state index in [9.17, 15) is 9.59 Å². The van der Waals surface area contributed by atoms with E-state index in [0.717, 1.165) is 35.1 Å². The van der Waals surface area contributed by atoms with E-state index in [4.69, 9.17) is 11.6 Å². The van der Waals surface area contributed by atoms with E-state index in [1.54, 1.807) is 24.3 Å². The Hall–Kier alpha value is -4.03. The summed E-state index contributed by atoms with van der Waals surface area (Å²) in [5, 5.41) is 8.44. The van der Waals surface area contributed by atoms with Gasteiger partial charge in [-0.05, 0) is 71.4 Å². The van der Waals surface area contributed by atoms with Crippen LogP contribution in [0.5, 0.6) is 0 Å². The zero-order valence-corrected chi connectivity index (χ0v) is 19.8. The lowest BCUT2D eigenvalue weighted by Gasteiger charge is -2.36. The molecule has 0 aliphatic carbocycles. The van der Waals surface area contributed by atoms with Crippen molar-refractivity contribution in [2.75, 3.05) is 41.7 Å². The molecule has 6 nitrogen and oxygen atoms in total. The van der Waals surface area contributed by atoms with Crippen LogP contribution in [-0.2, 0) is 0 Å². The molecule has 0 saturated carbocycles. The van der Waals surface area contributed by atoms with Crippen LogP contribution in [0.2, 0.25) is 5.02 Å². The first-order valence-electron chi connectivity index (χ1n) is 11.5. The Morgan fingerprint density at radius 2 is 1.29 bits per heavy atom. The van der Waals surface area contributed by atoms with Crippen molar-refractivity contribution < 1.29 is 9.59 Å². The molecule has 3 amide bonds. The molecule has 4 aromatic carbocycles. The second-order valence-corrected chi connectivity index (χ2v) is 8.91. The largest absolute Gasteiger partial charge is 0.368 e. The molecule has 176 valence electrons. The first-order chi connectivity index (χ1) is 17.0. The van der Waals surface area contributed by atoms with Gasteiger partial charge in [-0.15, -0.1) is 0 Å². The van der Waals surface area contributed by atoms with E-state index >= 15 is 0 Å². The number of amides is 3. The zero-order chi connectivity index (χ0) is 24.2. The van der Waals surface area contributed by atoms with Gasteiger partial charge in [0.15, 0.2) is 0 Å². The normalized spacial score (nSPS) is 13.5. The van der Waals surface area contributed by atoms with Crippen molar-refractivity contribution in [3.05, 3.63) is 102 Å². The van der Waals surface area contributed by atoms with Gasteiger partial charge in [0.2, 0.25) is 0 Å². The van der Waals surface area contributed by atoms with Crippen molar-refractivity contribution >= 4 is 51.4 Å². The highest BCUT2D eigenvalue weighted by molar-refractivity contribution is 6.30. The number of fused-ring (bicyclic) bond motifs is 1. The summed E-state index contributed by atoms with van der Waals surface area (Å²) in [4.78, 5) is 29.4. The van der Waals surface area contributed by atoms with Crippen molar-refractivity contribution in [3.63, 3.8) is 0 Å². The Balaban J connectivity index is 1.15. The maximum atomic E-state index is 13.0. The zero-order valence-electron chi connectivity index (χ0n) is 19.1. The molecule has 7 heteroatoms. The lowest BCUT2D eigenvalue weighted by atomic mass is 10.1. The van der Waals surface area contributed by atoms with Gasteiger partial charge < -0.3 is 20.4 Å². The standard InChI is InChI=1S/C28H25ClN4O2/c29-23-7-9-24(10-8-23)30-28(35)31-25-11-13-26(14-12-25)32-15-17-33(18-16-32)27(34)22-6-5-20-3-1-2-4-21(20)19-22/h1-14,19H,15-18H2,(H2,30,31,35). The van der Waals surface area contributed by atoms with E-state index in [2.05, 4.69) is 21.6 Å². The Morgan fingerprint density at radius 1 is 0.686 bits per heavy atom. The summed E-state index contributed by atoms with van der Waals surface area (Å²) >= 11 is 5.88. The molecule has 0 unspecified atom stereocenters. The van der Waals surface area contributed by atoms with E-state index < -0.39 is 0 Å². The Bertz CT molecular complexity index is 1350. The minimum absolute atomic E-state index is 0.0710. The first kappa shape index (κ1) is 22.7. The third-order valence-electron chi connectivity index (χ3n) is 6.16. The van der Waals surface area contributed by atoms with Gasteiger partial charge in [-0.25, -0.2) is 4.79 Å². The number of anilines is 3. The van der Waals surface area contributed by atoms with Gasteiger partial charge in [0.05, 0.1) is 0 Å². The predicted octanol–water partition coefficient (Wildman–Crippen LogP) is 6.10. The first-order valence-corrected chi connectivity index (χ1v) is 11.9. The molecule has 5 rings (SSSR count). The van der Waals surface area contributed by atoms with E-state index in [0.29, 0.717) is 29.5 Å². The molecule has 2 N–H and O–H groups in total. The van der Waals surface area contributed by atoms with Crippen LogP contribution >= 0.6 is 11.6 Å². The summed E-state index contributed by atoms with van der Waals surface area (Å²) in [7, 11) is 0. The van der Waals surface area contributed by atoms with Gasteiger partial charge in [-0.1, -0.05) is 41.9 Å². The third-order valence-corrected chi connectivity index (χ3v) is 6.41. The van der Waals surface area contributed by atoms with Crippen molar-refractivity contribution in [3.8, 4) is 0 Å². The minimum atomic E-state index is -0.319. The quantitative estimate of drug-likeness (QED) is 0.368. The van der Waals surface area contributed by atoms with Crippen LogP contribution in [-0.4, -0.2) is 43.0 Å². The molecule has 1 saturated heterocycles. The molecular weight excluding hydrogens is 460 g/mol. The van der Waals surface area contributed by atoms with Crippen molar-refractivity contribution in [2.24, 2.45) is 0 Å². The molecule has 1 fully saturated rings. The number of benzene rings is 4. The van der Waals surface area contributed by atoms with Crippen molar-refractivity contribution in [2.45, 2.75) is 0 Å². The highest BCUT2D eigenvalue weighted by Crippen LogP contribution is 2.22. The van der Waals surface area contributed by atoms with Crippen LogP contribution in [0.15, 0.2) is 91.0 Å². The Labute approximate surface area is 209 Å². The Morgan fingerprint density at radius 3 is 1.94 bits per heavy atom. The molecule has 1 aliphatic heterocycles. The fourth-order valence-electron chi connectivity index (χ4n) is 4.25. The molecular formula is C28H25ClN4O2. The maximum Gasteiger partial charge on any atom is 0.323 e. The van der Waals surface area contributed by atoms with E-state index in [-0.39, 0.29) is 11.9 Å². The predicted molar refractivity (Wildman–Crippen MR) is 143 cm³/mol. The van der Waals surface area contributed by atoms with Crippen LogP contribution in [0, 0.1) is 0 Å². The number of hydrogen-bond donors (Lipinski definition) is 2. The van der Waals surface area contributed by atoms with Crippen molar-refractivity contribution in [1.82, 2.24) is 4.90 Å². The smallest absolute Gasteiger partial charge is 0.323 e. The lowest BCUT2D eigenvalue weighted by molar-refractivity contribution is 0.0747. The second kappa shape index (κ2) is 10.1. The summed E-state index contributed by atoms with van der Waals surface area (Å²) in [6.07, 6.45) is 0. The molecule has 1 aliphatic rings. The molecule has 4 aromatic rings. The molecule has 0 radical (unpaired) electrons. The highest BCUT2D eigenvalue weighted by atomic mass is 35.5. The number of halogens is 1. The van der Waals surface area contributed by atoms with E-state index in [1.807, 2.05) is 65.6 Å². The van der Waals surface area contributed by atoms with Gasteiger partial charge >= 0.3 is 6.03 Å². The molecule has 0 atom stereocenters. The van der Waals surface area contributed by atoms with Crippen molar-refractivity contribution in [1.29, 1.82) is 0 Å². The summed E-state index contributed by atoms with van der Waals surface area (Å²) in [6, 6.07) is 28.3. The van der Waals surface area contributed by atoms with Gasteiger partial charge in [0, 0.05) is 53.8 Å². The lowest BCUT2D eigenvalue weighted by Crippen LogP contribution is -2.48. The highest BCUT2D eigenvalue weighted by Gasteiger charge is 2.22. The fraction of sp³-hybridized carbons (Fsp3) is 0.143. The topological polar surface area (TPSA) is 64.7 Å². The van der Waals surface area contributed by atoms with Gasteiger partial charge in [0.1, 0.15) is 0 Å². The summed E-state index contributed by atoms with van der Waals surface area (Å²) in [5.74, 6) is 0.0710. The molecule has 0 spiro atoms. The maximum absolute atomic E-state index is 13.0. The molecule has 1 heterocycles. The number of nitrogens with zero attached hydrogens (tertiary/aromatic N) is 2. The number of piperazine rings is 1. The number of carbonyl (C=O) groups is 2. The van der Waals surface area contributed by atoms with Crippen LogP contribution in [0.25, 0.3) is 10.8 Å². The molecule has 35 heavy (non-hydrogen) atoms. The van der Waals surface area contributed by atoms with Crippen LogP contribution in [0.3, 0.4) is 0 Å². The number of carbonyl (C=O) groups excluding carboxylic acids is 2. The van der Waals surface area contributed by atoms with E-state index in [1.165, 1.54) is 0 Å².